The Kier molecular flexibility index (Phi) is 4.39. The predicted molar refractivity (Wildman–Crippen MR) is 76.0 cm³/mol. The maximum atomic E-state index is 12.3. The highest BCUT2D eigenvalue weighted by Gasteiger charge is 2.31. The van der Waals surface area contributed by atoms with Gasteiger partial charge in [-0.05, 0) is 32.6 Å². The van der Waals surface area contributed by atoms with Crippen LogP contribution in [0.4, 0.5) is 0 Å². The first-order valence-electron chi connectivity index (χ1n) is 6.77. The number of hydrogen-bond acceptors (Lipinski definition) is 4. The average Bonchev–Trinajstić information content (AvgIpc) is 2.42. The van der Waals surface area contributed by atoms with Crippen molar-refractivity contribution in [2.24, 2.45) is 0 Å². The molecular formula is C15H20N2O3. The number of likely N-dealkylation sites (N-methyl/N-ethyl adjacent to an activating group) is 1. The van der Waals surface area contributed by atoms with E-state index in [9.17, 15) is 9.59 Å². The number of carbonyl (C=O) groups excluding carboxylic acids is 2. The van der Waals surface area contributed by atoms with Crippen molar-refractivity contribution in [3.8, 4) is 5.75 Å². The Morgan fingerprint density at radius 1 is 1.45 bits per heavy atom. The molecule has 1 amide bonds. The Morgan fingerprint density at radius 3 is 2.80 bits per heavy atom. The van der Waals surface area contributed by atoms with Crippen molar-refractivity contribution < 1.29 is 14.3 Å². The van der Waals surface area contributed by atoms with Crippen LogP contribution in [0.2, 0.25) is 0 Å². The molecule has 1 aliphatic heterocycles. The summed E-state index contributed by atoms with van der Waals surface area (Å²) >= 11 is 0. The van der Waals surface area contributed by atoms with Gasteiger partial charge in [0.25, 0.3) is 0 Å². The number of nitrogens with zero attached hydrogens (tertiary/aromatic N) is 1. The van der Waals surface area contributed by atoms with Crippen LogP contribution in [0.5, 0.6) is 5.75 Å². The van der Waals surface area contributed by atoms with Crippen molar-refractivity contribution in [3.05, 3.63) is 29.8 Å². The predicted octanol–water partition coefficient (Wildman–Crippen LogP) is 1.09. The van der Waals surface area contributed by atoms with Crippen molar-refractivity contribution >= 4 is 11.7 Å². The second-order valence-electron chi connectivity index (χ2n) is 5.12. The summed E-state index contributed by atoms with van der Waals surface area (Å²) in [6.45, 7) is 2.13. The molecule has 2 rings (SSSR count). The van der Waals surface area contributed by atoms with Gasteiger partial charge in [0.2, 0.25) is 5.91 Å². The molecular weight excluding hydrogens is 256 g/mol. The first kappa shape index (κ1) is 14.5. The number of amides is 1. The quantitative estimate of drug-likeness (QED) is 0.894. The molecule has 108 valence electrons. The molecule has 20 heavy (non-hydrogen) atoms. The van der Waals surface area contributed by atoms with Crippen molar-refractivity contribution in [2.45, 2.75) is 25.4 Å². The fourth-order valence-electron chi connectivity index (χ4n) is 2.39. The Morgan fingerprint density at radius 2 is 2.15 bits per heavy atom. The average molecular weight is 276 g/mol. The number of nitrogens with one attached hydrogen (secondary N) is 1. The summed E-state index contributed by atoms with van der Waals surface area (Å²) in [6.07, 6.45) is 0.692. The monoisotopic (exact) mass is 276 g/mol. The highest BCUT2D eigenvalue weighted by Crippen LogP contribution is 2.24. The molecule has 0 bridgehead atoms. The highest BCUT2D eigenvalue weighted by atomic mass is 16.5. The maximum absolute atomic E-state index is 12.3. The van der Waals surface area contributed by atoms with Gasteiger partial charge in [-0.1, -0.05) is 19.1 Å². The third kappa shape index (κ3) is 2.82. The van der Waals surface area contributed by atoms with Gasteiger partial charge in [0.1, 0.15) is 18.4 Å². The summed E-state index contributed by atoms with van der Waals surface area (Å²) in [5.74, 6) is 0.357. The molecule has 1 aliphatic rings. The lowest BCUT2D eigenvalue weighted by Gasteiger charge is -2.28. The van der Waals surface area contributed by atoms with Crippen LogP contribution < -0.4 is 10.1 Å². The zero-order chi connectivity index (χ0) is 14.7. The molecule has 0 aromatic heterocycles. The molecule has 0 fully saturated rings. The van der Waals surface area contributed by atoms with E-state index in [1.54, 1.807) is 18.2 Å². The number of Topliss-reactive ketones (excluding diaryl/α,β-unsaturated/α-hetero) is 1. The minimum atomic E-state index is -0.605. The minimum Gasteiger partial charge on any atom is -0.490 e. The molecule has 0 saturated carbocycles. The van der Waals surface area contributed by atoms with Crippen molar-refractivity contribution in [2.75, 3.05) is 20.7 Å². The van der Waals surface area contributed by atoms with E-state index >= 15 is 0 Å². The van der Waals surface area contributed by atoms with Crippen LogP contribution in [0.1, 0.15) is 23.7 Å². The van der Waals surface area contributed by atoms with Crippen LogP contribution in [0.15, 0.2) is 24.3 Å². The second kappa shape index (κ2) is 6.05. The van der Waals surface area contributed by atoms with Gasteiger partial charge in [-0.2, -0.15) is 0 Å². The van der Waals surface area contributed by atoms with E-state index < -0.39 is 6.04 Å². The molecule has 0 unspecified atom stereocenters. The highest BCUT2D eigenvalue weighted by molar-refractivity contribution is 6.05. The SMILES string of the molecule is CC[C@@H](C(=O)N[C@H]1COc2ccccc2C1=O)N(C)C. The zero-order valence-electron chi connectivity index (χ0n) is 12.1. The van der Waals surface area contributed by atoms with E-state index in [4.69, 9.17) is 4.74 Å². The normalized spacial score (nSPS) is 19.2. The lowest BCUT2D eigenvalue weighted by atomic mass is 10.0. The summed E-state index contributed by atoms with van der Waals surface area (Å²) in [5.41, 5.74) is 0.530. The van der Waals surface area contributed by atoms with E-state index in [2.05, 4.69) is 5.32 Å². The van der Waals surface area contributed by atoms with E-state index in [1.807, 2.05) is 32.0 Å². The summed E-state index contributed by atoms with van der Waals surface area (Å²) in [7, 11) is 3.70. The van der Waals surface area contributed by atoms with Gasteiger partial charge in [0, 0.05) is 0 Å². The molecule has 5 heteroatoms. The standard InChI is InChI=1S/C15H20N2O3/c1-4-12(17(2)3)15(19)16-11-9-20-13-8-6-5-7-10(13)14(11)18/h5-8,11-12H,4,9H2,1-3H3,(H,16,19)/t11-,12-/m0/s1. The lowest BCUT2D eigenvalue weighted by Crippen LogP contribution is -2.52. The largest absolute Gasteiger partial charge is 0.490 e. The molecule has 0 saturated heterocycles. The number of carbonyl (C=O) groups is 2. The number of fused-ring (bicyclic) bond motifs is 1. The first-order chi connectivity index (χ1) is 9.54. The molecule has 1 heterocycles. The van der Waals surface area contributed by atoms with Gasteiger partial charge in [0.05, 0.1) is 11.6 Å². The van der Waals surface area contributed by atoms with Crippen LogP contribution in [0.25, 0.3) is 0 Å². The number of rotatable bonds is 4. The number of para-hydroxylation sites is 1. The number of ketones is 1. The van der Waals surface area contributed by atoms with E-state index in [-0.39, 0.29) is 24.3 Å². The Labute approximate surface area is 118 Å². The molecule has 5 nitrogen and oxygen atoms in total. The number of benzene rings is 1. The van der Waals surface area contributed by atoms with Crippen LogP contribution in [0, 0.1) is 0 Å². The lowest BCUT2D eigenvalue weighted by molar-refractivity contribution is -0.126. The fraction of sp³-hybridized carbons (Fsp3) is 0.467. The molecule has 0 aliphatic carbocycles. The van der Waals surface area contributed by atoms with Crippen LogP contribution in [-0.2, 0) is 4.79 Å². The number of hydrogen-bond donors (Lipinski definition) is 1. The summed E-state index contributed by atoms with van der Waals surface area (Å²) in [6, 6.07) is 6.26. The van der Waals surface area contributed by atoms with Gasteiger partial charge < -0.3 is 10.1 Å². The van der Waals surface area contributed by atoms with Crippen molar-refractivity contribution in [1.29, 1.82) is 0 Å². The molecule has 2 atom stereocenters. The topological polar surface area (TPSA) is 58.6 Å². The van der Waals surface area contributed by atoms with Crippen LogP contribution in [-0.4, -0.2) is 49.4 Å². The van der Waals surface area contributed by atoms with Gasteiger partial charge in [-0.25, -0.2) is 0 Å². The third-order valence-electron chi connectivity index (χ3n) is 3.50. The summed E-state index contributed by atoms with van der Waals surface area (Å²) in [5, 5.41) is 2.79. The van der Waals surface area contributed by atoms with Gasteiger partial charge in [0.15, 0.2) is 5.78 Å². The third-order valence-corrected chi connectivity index (χ3v) is 3.50. The summed E-state index contributed by atoms with van der Waals surface area (Å²) in [4.78, 5) is 26.4. The van der Waals surface area contributed by atoms with Gasteiger partial charge >= 0.3 is 0 Å². The Hall–Kier alpha value is -1.88. The fourth-order valence-corrected chi connectivity index (χ4v) is 2.39. The second-order valence-corrected chi connectivity index (χ2v) is 5.12. The van der Waals surface area contributed by atoms with Crippen LogP contribution >= 0.6 is 0 Å². The van der Waals surface area contributed by atoms with E-state index in [0.29, 0.717) is 17.7 Å². The van der Waals surface area contributed by atoms with Gasteiger partial charge in [-0.15, -0.1) is 0 Å². The Bertz CT molecular complexity index is 514. The minimum absolute atomic E-state index is 0.0891. The van der Waals surface area contributed by atoms with Crippen LogP contribution in [0.3, 0.4) is 0 Å². The van der Waals surface area contributed by atoms with Crippen molar-refractivity contribution in [3.63, 3.8) is 0 Å². The van der Waals surface area contributed by atoms with Gasteiger partial charge in [-0.3, -0.25) is 14.5 Å². The number of ether oxygens (including phenoxy) is 1. The molecule has 0 radical (unpaired) electrons. The Balaban J connectivity index is 2.09. The van der Waals surface area contributed by atoms with Crippen molar-refractivity contribution in [1.82, 2.24) is 10.2 Å². The molecule has 0 spiro atoms. The van der Waals surface area contributed by atoms with E-state index in [0.717, 1.165) is 0 Å². The summed E-state index contributed by atoms with van der Waals surface area (Å²) < 4.78 is 5.53. The van der Waals surface area contributed by atoms with E-state index in [1.165, 1.54) is 0 Å². The first-order valence-corrected chi connectivity index (χ1v) is 6.77. The molecule has 1 N–H and O–H groups in total. The zero-order valence-corrected chi connectivity index (χ0v) is 12.1. The molecule has 1 aromatic carbocycles. The smallest absolute Gasteiger partial charge is 0.238 e. The molecule has 1 aromatic rings. The maximum Gasteiger partial charge on any atom is 0.238 e.